The zero-order chi connectivity index (χ0) is 5.86. The average Bonchev–Trinajstić information content (AvgIpc) is 1.65. The summed E-state index contributed by atoms with van der Waals surface area (Å²) < 4.78 is 23.4. The van der Waals surface area contributed by atoms with Gasteiger partial charge in [-0.25, -0.2) is 8.78 Å². The van der Waals surface area contributed by atoms with Gasteiger partial charge in [0.1, 0.15) is 12.3 Å². The van der Waals surface area contributed by atoms with E-state index in [1.807, 2.05) is 0 Å². The Kier molecular flexibility index (Phi) is 2.83. The number of hydrogen-bond donors (Lipinski definition) is 1. The highest BCUT2D eigenvalue weighted by atomic mass is 19.2. The topological polar surface area (TPSA) is 26.0 Å². The quantitative estimate of drug-likeness (QED) is 0.553. The summed E-state index contributed by atoms with van der Waals surface area (Å²) in [5.74, 6) is 0. The molecule has 2 N–H and O–H groups in total. The van der Waals surface area contributed by atoms with Crippen LogP contribution < -0.4 is 5.73 Å². The van der Waals surface area contributed by atoms with E-state index in [2.05, 4.69) is 0 Å². The Hall–Kier alpha value is -0.180. The lowest BCUT2D eigenvalue weighted by Crippen LogP contribution is -2.23. The van der Waals surface area contributed by atoms with Crippen molar-refractivity contribution < 1.29 is 8.78 Å². The molecular formula is C4H9F2N. The van der Waals surface area contributed by atoms with Crippen molar-refractivity contribution >= 4 is 0 Å². The molecule has 0 aromatic rings. The highest BCUT2D eigenvalue weighted by molar-refractivity contribution is 4.61. The maximum atomic E-state index is 11.8. The molecule has 0 aromatic carbocycles. The normalized spacial score (nSPS) is 18.9. The van der Waals surface area contributed by atoms with E-state index in [1.54, 1.807) is 0 Å². The molecule has 0 saturated heterocycles. The van der Waals surface area contributed by atoms with Crippen LogP contribution in [-0.2, 0) is 0 Å². The molecule has 0 aliphatic carbocycles. The minimum Gasteiger partial charge on any atom is -0.328 e. The molecule has 0 saturated carbocycles. The summed E-state index contributed by atoms with van der Waals surface area (Å²) in [6.45, 7) is 0.926. The summed E-state index contributed by atoms with van der Waals surface area (Å²) in [6.07, 6.45) is -2.91. The van der Waals surface area contributed by atoms with E-state index < -0.39 is 12.3 Å². The monoisotopic (exact) mass is 109 g/mol. The van der Waals surface area contributed by atoms with Crippen LogP contribution in [0, 0.1) is 0 Å². The zero-order valence-electron chi connectivity index (χ0n) is 4.20. The van der Waals surface area contributed by atoms with Gasteiger partial charge in [-0.05, 0) is 6.92 Å². The molecule has 3 heteroatoms. The maximum Gasteiger partial charge on any atom is 0.143 e. The zero-order valence-corrected chi connectivity index (χ0v) is 4.20. The molecule has 7 heavy (non-hydrogen) atoms. The van der Waals surface area contributed by atoms with Gasteiger partial charge >= 0.3 is 0 Å². The predicted molar refractivity (Wildman–Crippen MR) is 24.5 cm³/mol. The third-order valence-electron chi connectivity index (χ3n) is 0.724. The Labute approximate surface area is 41.5 Å². The Morgan fingerprint density at radius 1 is 1.57 bits per heavy atom. The molecule has 0 bridgehead atoms. The van der Waals surface area contributed by atoms with E-state index in [0.29, 0.717) is 0 Å². The van der Waals surface area contributed by atoms with Gasteiger partial charge in [-0.3, -0.25) is 0 Å². The molecule has 2 atom stereocenters. The van der Waals surface area contributed by atoms with Crippen LogP contribution in [0.3, 0.4) is 0 Å². The van der Waals surface area contributed by atoms with Crippen LogP contribution >= 0.6 is 0 Å². The van der Waals surface area contributed by atoms with Crippen LogP contribution in [0.2, 0.25) is 0 Å². The van der Waals surface area contributed by atoms with Gasteiger partial charge in [0.05, 0.1) is 0 Å². The van der Waals surface area contributed by atoms with Gasteiger partial charge in [0, 0.05) is 6.54 Å². The Bertz CT molecular complexity index is 47.0. The molecule has 0 heterocycles. The summed E-state index contributed by atoms with van der Waals surface area (Å²) in [5.41, 5.74) is 4.76. The molecule has 0 aliphatic heterocycles. The summed E-state index contributed by atoms with van der Waals surface area (Å²) in [6, 6.07) is 0. The van der Waals surface area contributed by atoms with E-state index >= 15 is 0 Å². The van der Waals surface area contributed by atoms with Gasteiger partial charge in [0.25, 0.3) is 0 Å². The molecule has 0 fully saturated rings. The van der Waals surface area contributed by atoms with Crippen LogP contribution in [0.15, 0.2) is 0 Å². The van der Waals surface area contributed by atoms with Crippen LogP contribution in [-0.4, -0.2) is 18.9 Å². The number of alkyl halides is 2. The van der Waals surface area contributed by atoms with Crippen LogP contribution in [0.1, 0.15) is 6.92 Å². The predicted octanol–water partition coefficient (Wildman–Crippen LogP) is 0.641. The van der Waals surface area contributed by atoms with Crippen molar-refractivity contribution in [2.24, 2.45) is 5.73 Å². The molecule has 44 valence electrons. The van der Waals surface area contributed by atoms with Gasteiger partial charge in [0.15, 0.2) is 0 Å². The second kappa shape index (κ2) is 2.91. The lowest BCUT2D eigenvalue weighted by molar-refractivity contribution is 0.189. The van der Waals surface area contributed by atoms with Crippen molar-refractivity contribution in [3.63, 3.8) is 0 Å². The highest BCUT2D eigenvalue weighted by Gasteiger charge is 2.10. The number of rotatable bonds is 2. The molecule has 1 nitrogen and oxygen atoms in total. The van der Waals surface area contributed by atoms with Gasteiger partial charge < -0.3 is 5.73 Å². The lowest BCUT2D eigenvalue weighted by atomic mass is 10.3. The SMILES string of the molecule is C[C@@H](F)[C@@H](F)CN. The van der Waals surface area contributed by atoms with Crippen molar-refractivity contribution in [3.05, 3.63) is 0 Å². The number of halogens is 2. The first-order chi connectivity index (χ1) is 3.18. The first-order valence-electron chi connectivity index (χ1n) is 2.16. The Morgan fingerprint density at radius 2 is 2.00 bits per heavy atom. The Morgan fingerprint density at radius 3 is 2.00 bits per heavy atom. The van der Waals surface area contributed by atoms with Crippen molar-refractivity contribution in [1.82, 2.24) is 0 Å². The third kappa shape index (κ3) is 2.51. The van der Waals surface area contributed by atoms with Gasteiger partial charge in [-0.2, -0.15) is 0 Å². The van der Waals surface area contributed by atoms with E-state index in [0.717, 1.165) is 6.92 Å². The molecule has 0 unspecified atom stereocenters. The molecular weight excluding hydrogens is 100 g/mol. The fourth-order valence-electron chi connectivity index (χ4n) is 0.188. The highest BCUT2D eigenvalue weighted by Crippen LogP contribution is 1.98. The maximum absolute atomic E-state index is 11.8. The Balaban J connectivity index is 3.14. The fraction of sp³-hybridized carbons (Fsp3) is 1.00. The van der Waals surface area contributed by atoms with Crippen LogP contribution in [0.5, 0.6) is 0 Å². The first kappa shape index (κ1) is 6.82. The molecule has 0 aromatic heterocycles. The minimum absolute atomic E-state index is 0.225. The van der Waals surface area contributed by atoms with Gasteiger partial charge in [-0.1, -0.05) is 0 Å². The summed E-state index contributed by atoms with van der Waals surface area (Å²) >= 11 is 0. The number of nitrogens with two attached hydrogens (primary N) is 1. The molecule has 0 amide bonds. The van der Waals surface area contributed by atoms with Gasteiger partial charge in [0.2, 0.25) is 0 Å². The molecule has 0 rings (SSSR count). The second-order valence-electron chi connectivity index (χ2n) is 1.43. The van der Waals surface area contributed by atoms with Gasteiger partial charge in [-0.15, -0.1) is 0 Å². The smallest absolute Gasteiger partial charge is 0.143 e. The fourth-order valence-corrected chi connectivity index (χ4v) is 0.188. The van der Waals surface area contributed by atoms with E-state index in [4.69, 9.17) is 5.73 Å². The van der Waals surface area contributed by atoms with Crippen LogP contribution in [0.4, 0.5) is 8.78 Å². The summed E-state index contributed by atoms with van der Waals surface area (Å²) in [7, 11) is 0. The van der Waals surface area contributed by atoms with Crippen molar-refractivity contribution in [3.8, 4) is 0 Å². The van der Waals surface area contributed by atoms with E-state index in [1.165, 1.54) is 0 Å². The third-order valence-corrected chi connectivity index (χ3v) is 0.724. The van der Waals surface area contributed by atoms with Crippen molar-refractivity contribution in [2.75, 3.05) is 6.54 Å². The molecule has 0 spiro atoms. The summed E-state index contributed by atoms with van der Waals surface area (Å²) in [4.78, 5) is 0. The summed E-state index contributed by atoms with van der Waals surface area (Å²) in [5, 5.41) is 0. The molecule has 0 radical (unpaired) electrons. The van der Waals surface area contributed by atoms with E-state index in [-0.39, 0.29) is 6.54 Å². The van der Waals surface area contributed by atoms with Crippen molar-refractivity contribution in [2.45, 2.75) is 19.3 Å². The van der Waals surface area contributed by atoms with Crippen molar-refractivity contribution in [1.29, 1.82) is 0 Å². The average molecular weight is 109 g/mol. The largest absolute Gasteiger partial charge is 0.328 e. The van der Waals surface area contributed by atoms with Crippen LogP contribution in [0.25, 0.3) is 0 Å². The molecule has 0 aliphatic rings. The lowest BCUT2D eigenvalue weighted by Gasteiger charge is -2.02. The van der Waals surface area contributed by atoms with E-state index in [9.17, 15) is 8.78 Å². The number of hydrogen-bond acceptors (Lipinski definition) is 1. The standard InChI is InChI=1S/C4H9F2N/c1-3(5)4(6)2-7/h3-4H,2,7H2,1H3/t3-,4+/m1/s1. The second-order valence-corrected chi connectivity index (χ2v) is 1.43. The minimum atomic E-state index is -1.49. The first-order valence-corrected chi connectivity index (χ1v) is 2.16.